The monoisotopic (exact) mass is 324 g/mol. The van der Waals surface area contributed by atoms with Gasteiger partial charge in [0.05, 0.1) is 5.56 Å². The molecule has 3 nitrogen and oxygen atoms in total. The molecule has 6 heteroatoms. The van der Waals surface area contributed by atoms with Crippen LogP contribution in [0.1, 0.15) is 25.3 Å². The predicted molar refractivity (Wildman–Crippen MR) is 82.5 cm³/mol. The minimum absolute atomic E-state index is 0.0776. The largest absolute Gasteiger partial charge is 0.490 e. The van der Waals surface area contributed by atoms with Crippen molar-refractivity contribution in [2.75, 3.05) is 19.6 Å². The quantitative estimate of drug-likeness (QED) is 0.849. The maximum atomic E-state index is 13.3. The van der Waals surface area contributed by atoms with Gasteiger partial charge in [-0.2, -0.15) is 13.2 Å². The van der Waals surface area contributed by atoms with Crippen molar-refractivity contribution in [3.8, 4) is 5.75 Å². The molecule has 1 aromatic carbocycles. The Balaban J connectivity index is 1.89. The summed E-state index contributed by atoms with van der Waals surface area (Å²) in [5.41, 5.74) is -0.726. The van der Waals surface area contributed by atoms with Gasteiger partial charge in [0, 0.05) is 30.9 Å². The number of aromatic nitrogens is 1. The zero-order valence-electron chi connectivity index (χ0n) is 12.9. The number of hydrogen-bond acceptors (Lipinski definition) is 3. The molecule has 0 saturated carbocycles. The summed E-state index contributed by atoms with van der Waals surface area (Å²) in [5.74, 6) is -0.0776. The average Bonchev–Trinajstić information content (AvgIpc) is 2.54. The summed E-state index contributed by atoms with van der Waals surface area (Å²) >= 11 is 0. The van der Waals surface area contributed by atoms with Gasteiger partial charge in [0.2, 0.25) is 0 Å². The lowest BCUT2D eigenvalue weighted by atomic mass is 10.1. The molecule has 1 aromatic heterocycles. The van der Waals surface area contributed by atoms with Crippen molar-refractivity contribution >= 4 is 10.8 Å². The van der Waals surface area contributed by atoms with Gasteiger partial charge in [-0.15, -0.1) is 0 Å². The maximum absolute atomic E-state index is 13.3. The Kier molecular flexibility index (Phi) is 4.43. The molecular weight excluding hydrogens is 305 g/mol. The van der Waals surface area contributed by atoms with Crippen LogP contribution in [0.2, 0.25) is 0 Å². The van der Waals surface area contributed by atoms with Crippen molar-refractivity contribution < 1.29 is 17.9 Å². The van der Waals surface area contributed by atoms with Crippen LogP contribution in [0.3, 0.4) is 0 Å². The second-order valence-electron chi connectivity index (χ2n) is 5.82. The first kappa shape index (κ1) is 16.1. The number of ether oxygens (including phenoxy) is 1. The van der Waals surface area contributed by atoms with Crippen LogP contribution in [0, 0.1) is 0 Å². The molecule has 0 N–H and O–H groups in total. The smallest absolute Gasteiger partial charge is 0.419 e. The Labute approximate surface area is 133 Å². The molecule has 2 heterocycles. The highest BCUT2D eigenvalue weighted by Gasteiger charge is 2.35. The van der Waals surface area contributed by atoms with Crippen molar-refractivity contribution in [2.24, 2.45) is 0 Å². The molecule has 1 fully saturated rings. The fourth-order valence-electron chi connectivity index (χ4n) is 2.96. The van der Waals surface area contributed by atoms with Crippen molar-refractivity contribution in [3.05, 3.63) is 36.2 Å². The number of halogens is 3. The number of fused-ring (bicyclic) bond motifs is 1. The molecule has 1 saturated heterocycles. The minimum atomic E-state index is -4.44. The van der Waals surface area contributed by atoms with Gasteiger partial charge in [0.15, 0.2) is 0 Å². The molecule has 1 aliphatic rings. The van der Waals surface area contributed by atoms with Crippen molar-refractivity contribution in [1.82, 2.24) is 9.88 Å². The van der Waals surface area contributed by atoms with Crippen LogP contribution in [0.4, 0.5) is 13.2 Å². The fraction of sp³-hybridized carbons (Fsp3) is 0.471. The molecule has 0 radical (unpaired) electrons. The highest BCUT2D eigenvalue weighted by atomic mass is 19.4. The Morgan fingerprint density at radius 1 is 1.22 bits per heavy atom. The summed E-state index contributed by atoms with van der Waals surface area (Å²) in [4.78, 5) is 6.16. The van der Waals surface area contributed by atoms with Gasteiger partial charge in [-0.3, -0.25) is 4.98 Å². The van der Waals surface area contributed by atoms with Gasteiger partial charge in [-0.05, 0) is 43.0 Å². The molecular formula is C17H19F3N2O. The average molecular weight is 324 g/mol. The van der Waals surface area contributed by atoms with Gasteiger partial charge in [-0.25, -0.2) is 0 Å². The topological polar surface area (TPSA) is 25.4 Å². The number of nitrogens with zero attached hydrogens (tertiary/aromatic N) is 2. The van der Waals surface area contributed by atoms with Gasteiger partial charge in [0.25, 0.3) is 0 Å². The third kappa shape index (κ3) is 3.58. The first-order valence-corrected chi connectivity index (χ1v) is 7.81. The van der Waals surface area contributed by atoms with Gasteiger partial charge in [-0.1, -0.05) is 6.92 Å². The summed E-state index contributed by atoms with van der Waals surface area (Å²) in [6, 6.07) is 4.30. The van der Waals surface area contributed by atoms with E-state index >= 15 is 0 Å². The Morgan fingerprint density at radius 3 is 2.61 bits per heavy atom. The molecule has 0 amide bonds. The van der Waals surface area contributed by atoms with Crippen molar-refractivity contribution in [3.63, 3.8) is 0 Å². The van der Waals surface area contributed by atoms with Crippen LogP contribution < -0.4 is 4.74 Å². The SMILES string of the molecule is CCN1CCC(Oc2cc3ccncc3cc2C(F)(F)F)CC1. The van der Waals surface area contributed by atoms with Gasteiger partial charge >= 0.3 is 6.18 Å². The molecule has 0 spiro atoms. The first-order valence-electron chi connectivity index (χ1n) is 7.81. The van der Waals surface area contributed by atoms with Crippen LogP contribution in [0.25, 0.3) is 10.8 Å². The van der Waals surface area contributed by atoms with Gasteiger partial charge < -0.3 is 9.64 Å². The summed E-state index contributed by atoms with van der Waals surface area (Å²) < 4.78 is 45.8. The lowest BCUT2D eigenvalue weighted by Gasteiger charge is -2.31. The minimum Gasteiger partial charge on any atom is -0.490 e. The van der Waals surface area contributed by atoms with Crippen molar-refractivity contribution in [2.45, 2.75) is 32.0 Å². The van der Waals surface area contributed by atoms with E-state index in [2.05, 4.69) is 16.8 Å². The van der Waals surface area contributed by atoms with E-state index in [1.54, 1.807) is 12.3 Å². The summed E-state index contributed by atoms with van der Waals surface area (Å²) in [6.45, 7) is 4.77. The molecule has 3 rings (SSSR count). The van der Waals surface area contributed by atoms with E-state index in [-0.39, 0.29) is 11.9 Å². The molecule has 0 unspecified atom stereocenters. The van der Waals surface area contributed by atoms with E-state index in [1.165, 1.54) is 12.3 Å². The summed E-state index contributed by atoms with van der Waals surface area (Å²) in [7, 11) is 0. The van der Waals surface area contributed by atoms with E-state index in [9.17, 15) is 13.2 Å². The maximum Gasteiger partial charge on any atom is 0.419 e. The standard InChI is InChI=1S/C17H19F3N2O/c1-2-22-7-4-14(5-8-22)23-16-10-12-3-6-21-11-13(12)9-15(16)17(18,19)20/h3,6,9-11,14H,2,4-5,7-8H2,1H3. The van der Waals surface area contributed by atoms with E-state index in [4.69, 9.17) is 4.74 Å². The molecule has 0 bridgehead atoms. The summed E-state index contributed by atoms with van der Waals surface area (Å²) in [6.07, 6.45) is -0.103. The number of alkyl halides is 3. The molecule has 2 aromatic rings. The molecule has 23 heavy (non-hydrogen) atoms. The number of likely N-dealkylation sites (tertiary alicyclic amines) is 1. The Morgan fingerprint density at radius 2 is 1.96 bits per heavy atom. The number of hydrogen-bond donors (Lipinski definition) is 0. The van der Waals surface area contributed by atoms with E-state index < -0.39 is 11.7 Å². The molecule has 0 aliphatic carbocycles. The molecule has 0 atom stereocenters. The Hall–Kier alpha value is -1.82. The first-order chi connectivity index (χ1) is 11.0. The van der Waals surface area contributed by atoms with Crippen LogP contribution in [-0.4, -0.2) is 35.6 Å². The molecule has 1 aliphatic heterocycles. The number of benzene rings is 1. The van der Waals surface area contributed by atoms with Crippen molar-refractivity contribution in [1.29, 1.82) is 0 Å². The second-order valence-corrected chi connectivity index (χ2v) is 5.82. The third-order valence-corrected chi connectivity index (χ3v) is 4.32. The van der Waals surface area contributed by atoms with E-state index in [1.807, 2.05) is 0 Å². The van der Waals surface area contributed by atoms with Gasteiger partial charge in [0.1, 0.15) is 11.9 Å². The van der Waals surface area contributed by atoms with Crippen LogP contribution in [-0.2, 0) is 6.18 Å². The lowest BCUT2D eigenvalue weighted by Crippen LogP contribution is -2.38. The third-order valence-electron chi connectivity index (χ3n) is 4.32. The summed E-state index contributed by atoms with van der Waals surface area (Å²) in [5, 5.41) is 1.17. The van der Waals surface area contributed by atoms with E-state index in [0.29, 0.717) is 10.8 Å². The number of rotatable bonds is 3. The number of piperidine rings is 1. The van der Waals surface area contributed by atoms with Crippen LogP contribution >= 0.6 is 0 Å². The Bertz CT molecular complexity index is 679. The zero-order chi connectivity index (χ0) is 16.4. The number of pyridine rings is 1. The zero-order valence-corrected chi connectivity index (χ0v) is 12.9. The second kappa shape index (κ2) is 6.35. The predicted octanol–water partition coefficient (Wildman–Crippen LogP) is 4.12. The highest BCUT2D eigenvalue weighted by Crippen LogP contribution is 2.39. The van der Waals surface area contributed by atoms with Crippen LogP contribution in [0.15, 0.2) is 30.6 Å². The lowest BCUT2D eigenvalue weighted by molar-refractivity contribution is -0.139. The fourth-order valence-corrected chi connectivity index (χ4v) is 2.96. The highest BCUT2D eigenvalue weighted by molar-refractivity contribution is 5.84. The van der Waals surface area contributed by atoms with Crippen LogP contribution in [0.5, 0.6) is 5.75 Å². The molecule has 124 valence electrons. The van der Waals surface area contributed by atoms with E-state index in [0.717, 1.165) is 38.5 Å². The normalized spacial score (nSPS) is 17.6.